The molecule has 2 amide bonds. The van der Waals surface area contributed by atoms with E-state index >= 15 is 0 Å². The van der Waals surface area contributed by atoms with Gasteiger partial charge in [-0.3, -0.25) is 19.8 Å². The molecule has 25 heavy (non-hydrogen) atoms. The van der Waals surface area contributed by atoms with Gasteiger partial charge in [-0.1, -0.05) is 30.7 Å². The summed E-state index contributed by atoms with van der Waals surface area (Å²) in [5.74, 6) is -1.10. The Morgan fingerprint density at radius 3 is 2.64 bits per heavy atom. The minimum absolute atomic E-state index is 0.258. The van der Waals surface area contributed by atoms with E-state index in [-0.39, 0.29) is 11.9 Å². The maximum atomic E-state index is 12.4. The Hall–Kier alpha value is -2.73. The van der Waals surface area contributed by atoms with Crippen LogP contribution in [-0.4, -0.2) is 28.0 Å². The molecule has 1 aromatic carbocycles. The number of aryl methyl sites for hydroxylation is 1. The van der Waals surface area contributed by atoms with E-state index < -0.39 is 11.8 Å². The maximum Gasteiger partial charge on any atom is 0.253 e. The van der Waals surface area contributed by atoms with E-state index in [9.17, 15) is 9.59 Å². The van der Waals surface area contributed by atoms with Gasteiger partial charge in [0.25, 0.3) is 5.91 Å². The first-order chi connectivity index (χ1) is 12.1. The highest BCUT2D eigenvalue weighted by Gasteiger charge is 2.34. The van der Waals surface area contributed by atoms with Crippen LogP contribution in [0.15, 0.2) is 42.6 Å². The Labute approximate surface area is 146 Å². The van der Waals surface area contributed by atoms with Gasteiger partial charge < -0.3 is 5.32 Å². The molecule has 130 valence electrons. The van der Waals surface area contributed by atoms with E-state index in [1.165, 1.54) is 0 Å². The topological polar surface area (TPSA) is 91.3 Å². The quantitative estimate of drug-likeness (QED) is 0.589. The molecule has 6 heteroatoms. The molecule has 1 heterocycles. The Bertz CT molecular complexity index is 774. The van der Waals surface area contributed by atoms with Crippen molar-refractivity contribution in [2.75, 3.05) is 0 Å². The van der Waals surface area contributed by atoms with Gasteiger partial charge in [0.05, 0.1) is 17.2 Å². The lowest BCUT2D eigenvalue weighted by molar-refractivity contribution is -0.133. The lowest BCUT2D eigenvalue weighted by Crippen LogP contribution is -2.43. The Kier molecular flexibility index (Phi) is 5.09. The molecule has 2 aromatic rings. The third kappa shape index (κ3) is 3.69. The van der Waals surface area contributed by atoms with Crippen molar-refractivity contribution in [2.24, 2.45) is 5.92 Å². The average Bonchev–Trinajstić information content (AvgIpc) is 3.09. The van der Waals surface area contributed by atoms with Crippen LogP contribution in [0.3, 0.4) is 0 Å². The van der Waals surface area contributed by atoms with E-state index in [1.807, 2.05) is 37.3 Å². The number of hydroxylamine groups is 1. The minimum atomic E-state index is -0.448. The van der Waals surface area contributed by atoms with Gasteiger partial charge in [0, 0.05) is 17.8 Å². The highest BCUT2D eigenvalue weighted by Crippen LogP contribution is 2.26. The van der Waals surface area contributed by atoms with Crippen LogP contribution < -0.4 is 10.8 Å². The zero-order valence-corrected chi connectivity index (χ0v) is 14.0. The molecule has 2 atom stereocenters. The van der Waals surface area contributed by atoms with Crippen LogP contribution in [0.2, 0.25) is 0 Å². The van der Waals surface area contributed by atoms with Gasteiger partial charge in [0.15, 0.2) is 0 Å². The van der Waals surface area contributed by atoms with Crippen molar-refractivity contribution >= 4 is 11.8 Å². The van der Waals surface area contributed by atoms with Crippen molar-refractivity contribution < 1.29 is 14.8 Å². The van der Waals surface area contributed by atoms with E-state index in [1.54, 1.807) is 17.7 Å². The summed E-state index contributed by atoms with van der Waals surface area (Å²) >= 11 is 0. The molecular weight excluding hydrogens is 318 g/mol. The molecule has 0 bridgehead atoms. The number of amides is 2. The monoisotopic (exact) mass is 339 g/mol. The molecule has 0 unspecified atom stereocenters. The summed E-state index contributed by atoms with van der Waals surface area (Å²) in [6, 6.07) is 11.2. The van der Waals surface area contributed by atoms with Gasteiger partial charge in [0.2, 0.25) is 5.91 Å². The molecule has 1 aromatic heterocycles. The fraction of sp³-hybridized carbons (Fsp3) is 0.316. The molecule has 3 rings (SSSR count). The number of rotatable bonds is 4. The Morgan fingerprint density at radius 2 is 1.96 bits per heavy atom. The number of carbonyl (C=O) groups excluding carboxylic acids is 2. The van der Waals surface area contributed by atoms with Gasteiger partial charge >= 0.3 is 0 Å². The molecule has 0 spiro atoms. The third-order valence-electron chi connectivity index (χ3n) is 4.73. The lowest BCUT2D eigenvalue weighted by atomic mass is 10.0. The highest BCUT2D eigenvalue weighted by atomic mass is 16.5. The molecule has 1 aliphatic rings. The standard InChI is InChI=1S/C19H21N3O3/c1-12-5-2-3-6-14(12)16-10-9-13(11-20-16)18(23)21-17-8-4-7-15(17)19(24)22-25/h2-3,5-6,9-11,15,17,25H,4,7-8H2,1H3,(H,21,23)(H,22,24)/t15-,17+/m0/s1. The zero-order valence-electron chi connectivity index (χ0n) is 14.0. The van der Waals surface area contributed by atoms with Gasteiger partial charge in [-0.2, -0.15) is 0 Å². The van der Waals surface area contributed by atoms with Crippen LogP contribution in [0.1, 0.15) is 35.2 Å². The van der Waals surface area contributed by atoms with Gasteiger partial charge in [-0.25, -0.2) is 5.48 Å². The molecule has 6 nitrogen and oxygen atoms in total. The minimum Gasteiger partial charge on any atom is -0.348 e. The van der Waals surface area contributed by atoms with E-state index in [0.717, 1.165) is 29.7 Å². The lowest BCUT2D eigenvalue weighted by Gasteiger charge is -2.19. The van der Waals surface area contributed by atoms with Crippen molar-refractivity contribution in [1.29, 1.82) is 0 Å². The first-order valence-corrected chi connectivity index (χ1v) is 8.37. The van der Waals surface area contributed by atoms with Gasteiger partial charge in [0.1, 0.15) is 0 Å². The average molecular weight is 339 g/mol. The number of benzene rings is 1. The van der Waals surface area contributed by atoms with Crippen molar-refractivity contribution in [1.82, 2.24) is 15.8 Å². The SMILES string of the molecule is Cc1ccccc1-c1ccc(C(=O)N[C@@H]2CCC[C@@H]2C(=O)NO)cn1. The van der Waals surface area contributed by atoms with Crippen LogP contribution in [0, 0.1) is 12.8 Å². The normalized spacial score (nSPS) is 19.4. The van der Waals surface area contributed by atoms with Crippen molar-refractivity contribution in [3.63, 3.8) is 0 Å². The number of aromatic nitrogens is 1. The van der Waals surface area contributed by atoms with Crippen LogP contribution in [0.4, 0.5) is 0 Å². The number of nitrogens with one attached hydrogen (secondary N) is 2. The molecule has 3 N–H and O–H groups in total. The Morgan fingerprint density at radius 1 is 1.16 bits per heavy atom. The third-order valence-corrected chi connectivity index (χ3v) is 4.73. The number of hydrogen-bond acceptors (Lipinski definition) is 4. The first kappa shape index (κ1) is 17.1. The summed E-state index contributed by atoms with van der Waals surface area (Å²) in [5, 5.41) is 11.7. The van der Waals surface area contributed by atoms with Crippen LogP contribution in [0.25, 0.3) is 11.3 Å². The highest BCUT2D eigenvalue weighted by molar-refractivity contribution is 5.95. The Balaban J connectivity index is 1.71. The molecule has 0 radical (unpaired) electrons. The molecule has 1 aliphatic carbocycles. The number of pyridine rings is 1. The predicted molar refractivity (Wildman–Crippen MR) is 92.9 cm³/mol. The molecule has 0 saturated heterocycles. The first-order valence-electron chi connectivity index (χ1n) is 8.37. The summed E-state index contributed by atoms with van der Waals surface area (Å²) in [7, 11) is 0. The summed E-state index contributed by atoms with van der Waals surface area (Å²) in [5.41, 5.74) is 5.10. The van der Waals surface area contributed by atoms with E-state index in [0.29, 0.717) is 12.0 Å². The largest absolute Gasteiger partial charge is 0.348 e. The van der Waals surface area contributed by atoms with Gasteiger partial charge in [-0.05, 0) is 37.5 Å². The van der Waals surface area contributed by atoms with Crippen molar-refractivity contribution in [3.05, 3.63) is 53.7 Å². The molecular formula is C19H21N3O3. The van der Waals surface area contributed by atoms with Gasteiger partial charge in [-0.15, -0.1) is 0 Å². The molecule has 1 fully saturated rings. The molecule has 0 aliphatic heterocycles. The summed E-state index contributed by atoms with van der Waals surface area (Å²) in [6.07, 6.45) is 3.76. The molecule has 1 saturated carbocycles. The smallest absolute Gasteiger partial charge is 0.253 e. The van der Waals surface area contributed by atoms with Crippen molar-refractivity contribution in [2.45, 2.75) is 32.2 Å². The predicted octanol–water partition coefficient (Wildman–Crippen LogP) is 2.46. The second kappa shape index (κ2) is 7.44. The fourth-order valence-corrected chi connectivity index (χ4v) is 3.33. The summed E-state index contributed by atoms with van der Waals surface area (Å²) in [4.78, 5) is 28.5. The fourth-order valence-electron chi connectivity index (χ4n) is 3.33. The van der Waals surface area contributed by atoms with E-state index in [4.69, 9.17) is 5.21 Å². The van der Waals surface area contributed by atoms with Crippen LogP contribution in [-0.2, 0) is 4.79 Å². The number of carbonyl (C=O) groups is 2. The second-order valence-corrected chi connectivity index (χ2v) is 6.34. The maximum absolute atomic E-state index is 12.4. The zero-order chi connectivity index (χ0) is 17.8. The van der Waals surface area contributed by atoms with Crippen molar-refractivity contribution in [3.8, 4) is 11.3 Å². The van der Waals surface area contributed by atoms with E-state index in [2.05, 4.69) is 10.3 Å². The van der Waals surface area contributed by atoms with Crippen LogP contribution >= 0.6 is 0 Å². The summed E-state index contributed by atoms with van der Waals surface area (Å²) < 4.78 is 0. The second-order valence-electron chi connectivity index (χ2n) is 6.34. The van der Waals surface area contributed by atoms with Crippen LogP contribution in [0.5, 0.6) is 0 Å². The number of nitrogens with zero attached hydrogens (tertiary/aromatic N) is 1. The summed E-state index contributed by atoms with van der Waals surface area (Å²) in [6.45, 7) is 2.02. The number of hydrogen-bond donors (Lipinski definition) is 3.